The molecule has 0 atom stereocenters. The number of nitrogens with zero attached hydrogens (tertiary/aromatic N) is 1. The summed E-state index contributed by atoms with van der Waals surface area (Å²) in [5.41, 5.74) is 1.71. The number of para-hydroxylation sites is 1. The SMILES string of the molecule is C=c1[nH]n(-c2ccccc2)c(=O)c1=Cc1cccc2ccccc12. The van der Waals surface area contributed by atoms with Gasteiger partial charge in [0.25, 0.3) is 5.56 Å². The molecule has 3 nitrogen and oxygen atoms in total. The number of H-pyrrole nitrogens is 1. The second kappa shape index (κ2) is 5.70. The summed E-state index contributed by atoms with van der Waals surface area (Å²) in [7, 11) is 0. The standard InChI is InChI=1S/C21H16N2O/c1-15-20(21(24)23(22-15)18-11-3-2-4-12-18)14-17-10-7-9-16-8-5-6-13-19(16)17/h2-14,22H,1H2. The Labute approximate surface area is 138 Å². The third-order valence-corrected chi connectivity index (χ3v) is 4.14. The summed E-state index contributed by atoms with van der Waals surface area (Å²) >= 11 is 0. The third kappa shape index (κ3) is 2.36. The van der Waals surface area contributed by atoms with Crippen LogP contribution in [-0.2, 0) is 0 Å². The van der Waals surface area contributed by atoms with Gasteiger partial charge in [0.2, 0.25) is 0 Å². The molecule has 0 aliphatic heterocycles. The number of hydrogen-bond acceptors (Lipinski definition) is 1. The minimum absolute atomic E-state index is 0.0980. The highest BCUT2D eigenvalue weighted by Gasteiger charge is 2.05. The molecule has 0 bridgehead atoms. The monoisotopic (exact) mass is 312 g/mol. The average Bonchev–Trinajstić information content (AvgIpc) is 2.91. The Kier molecular flexibility index (Phi) is 3.39. The zero-order valence-electron chi connectivity index (χ0n) is 13.1. The van der Waals surface area contributed by atoms with Gasteiger partial charge in [-0.3, -0.25) is 9.89 Å². The zero-order valence-corrected chi connectivity index (χ0v) is 13.1. The maximum atomic E-state index is 12.8. The van der Waals surface area contributed by atoms with E-state index < -0.39 is 0 Å². The predicted octanol–water partition coefficient (Wildman–Crippen LogP) is 2.56. The van der Waals surface area contributed by atoms with Gasteiger partial charge in [0.05, 0.1) is 16.3 Å². The first-order valence-corrected chi connectivity index (χ1v) is 7.79. The van der Waals surface area contributed by atoms with E-state index in [0.717, 1.165) is 22.0 Å². The van der Waals surface area contributed by atoms with Gasteiger partial charge in [-0.1, -0.05) is 67.2 Å². The van der Waals surface area contributed by atoms with Crippen molar-refractivity contribution in [1.82, 2.24) is 9.78 Å². The molecule has 0 saturated heterocycles. The minimum Gasteiger partial charge on any atom is -0.291 e. The Morgan fingerprint density at radius 3 is 2.42 bits per heavy atom. The van der Waals surface area contributed by atoms with E-state index in [4.69, 9.17) is 0 Å². The summed E-state index contributed by atoms with van der Waals surface area (Å²) in [6.45, 7) is 4.00. The van der Waals surface area contributed by atoms with Crippen LogP contribution in [0.25, 0.3) is 29.1 Å². The van der Waals surface area contributed by atoms with E-state index in [-0.39, 0.29) is 5.56 Å². The van der Waals surface area contributed by atoms with Gasteiger partial charge in [-0.05, 0) is 34.5 Å². The topological polar surface area (TPSA) is 37.8 Å². The van der Waals surface area contributed by atoms with Crippen LogP contribution in [0.2, 0.25) is 0 Å². The van der Waals surface area contributed by atoms with E-state index in [1.807, 2.05) is 60.7 Å². The fourth-order valence-corrected chi connectivity index (χ4v) is 2.94. The van der Waals surface area contributed by atoms with Gasteiger partial charge in [0.15, 0.2) is 0 Å². The fourth-order valence-electron chi connectivity index (χ4n) is 2.94. The zero-order chi connectivity index (χ0) is 16.5. The Balaban J connectivity index is 1.97. The van der Waals surface area contributed by atoms with Crippen LogP contribution in [-0.4, -0.2) is 9.78 Å². The normalized spacial score (nSPS) is 11.9. The molecule has 1 heterocycles. The van der Waals surface area contributed by atoms with Gasteiger partial charge in [-0.25, -0.2) is 4.68 Å². The number of benzene rings is 3. The van der Waals surface area contributed by atoms with Crippen LogP contribution >= 0.6 is 0 Å². The highest BCUT2D eigenvalue weighted by atomic mass is 16.1. The first-order valence-electron chi connectivity index (χ1n) is 7.79. The summed E-state index contributed by atoms with van der Waals surface area (Å²) < 4.78 is 1.53. The molecule has 0 spiro atoms. The van der Waals surface area contributed by atoms with Crippen LogP contribution in [0.3, 0.4) is 0 Å². The van der Waals surface area contributed by atoms with Crippen molar-refractivity contribution in [2.75, 3.05) is 0 Å². The van der Waals surface area contributed by atoms with Crippen molar-refractivity contribution in [2.24, 2.45) is 0 Å². The summed E-state index contributed by atoms with van der Waals surface area (Å²) in [6, 6.07) is 23.7. The van der Waals surface area contributed by atoms with Gasteiger partial charge in [-0.2, -0.15) is 0 Å². The molecule has 1 N–H and O–H groups in total. The molecule has 116 valence electrons. The van der Waals surface area contributed by atoms with Crippen LogP contribution < -0.4 is 16.1 Å². The average molecular weight is 312 g/mol. The lowest BCUT2D eigenvalue weighted by Crippen LogP contribution is -2.33. The maximum Gasteiger partial charge on any atom is 0.279 e. The molecule has 1 aromatic heterocycles. The van der Waals surface area contributed by atoms with Crippen molar-refractivity contribution < 1.29 is 0 Å². The van der Waals surface area contributed by atoms with Crippen LogP contribution in [0.1, 0.15) is 5.56 Å². The van der Waals surface area contributed by atoms with E-state index in [2.05, 4.69) is 29.9 Å². The van der Waals surface area contributed by atoms with Crippen molar-refractivity contribution in [3.05, 3.63) is 99.3 Å². The molecule has 4 aromatic rings. The van der Waals surface area contributed by atoms with Crippen molar-refractivity contribution in [3.63, 3.8) is 0 Å². The molecule has 3 aromatic carbocycles. The van der Waals surface area contributed by atoms with E-state index in [1.165, 1.54) is 4.68 Å². The molecule has 0 unspecified atom stereocenters. The quantitative estimate of drug-likeness (QED) is 0.607. The van der Waals surface area contributed by atoms with Crippen LogP contribution in [0.5, 0.6) is 0 Å². The van der Waals surface area contributed by atoms with Crippen LogP contribution in [0.15, 0.2) is 77.6 Å². The lowest BCUT2D eigenvalue weighted by atomic mass is 10.0. The molecule has 24 heavy (non-hydrogen) atoms. The number of aromatic nitrogens is 2. The van der Waals surface area contributed by atoms with E-state index >= 15 is 0 Å². The van der Waals surface area contributed by atoms with E-state index in [9.17, 15) is 4.79 Å². The van der Waals surface area contributed by atoms with Gasteiger partial charge < -0.3 is 0 Å². The Morgan fingerprint density at radius 1 is 0.875 bits per heavy atom. The largest absolute Gasteiger partial charge is 0.291 e. The first-order chi connectivity index (χ1) is 11.7. The van der Waals surface area contributed by atoms with Gasteiger partial charge >= 0.3 is 0 Å². The Bertz CT molecular complexity index is 1180. The van der Waals surface area contributed by atoms with Gasteiger partial charge in [0.1, 0.15) is 0 Å². The van der Waals surface area contributed by atoms with Crippen molar-refractivity contribution in [1.29, 1.82) is 0 Å². The molecule has 0 amide bonds. The van der Waals surface area contributed by atoms with Crippen molar-refractivity contribution >= 4 is 23.4 Å². The fraction of sp³-hybridized carbons (Fsp3) is 0. The number of nitrogens with one attached hydrogen (secondary N) is 1. The van der Waals surface area contributed by atoms with E-state index in [0.29, 0.717) is 10.6 Å². The summed E-state index contributed by atoms with van der Waals surface area (Å²) in [5, 5.41) is 6.51. The van der Waals surface area contributed by atoms with Gasteiger partial charge in [-0.15, -0.1) is 0 Å². The first kappa shape index (κ1) is 14.3. The molecule has 3 heteroatoms. The smallest absolute Gasteiger partial charge is 0.279 e. The Hall–Kier alpha value is -3.33. The van der Waals surface area contributed by atoms with Crippen molar-refractivity contribution in [2.45, 2.75) is 0 Å². The molecule has 0 fully saturated rings. The lowest BCUT2D eigenvalue weighted by molar-refractivity contribution is 0.838. The lowest BCUT2D eigenvalue weighted by Gasteiger charge is -2.01. The molecule has 0 saturated carbocycles. The molecular weight excluding hydrogens is 296 g/mol. The van der Waals surface area contributed by atoms with Gasteiger partial charge in [0, 0.05) is 0 Å². The van der Waals surface area contributed by atoms with E-state index in [1.54, 1.807) is 0 Å². The number of aromatic amines is 1. The maximum absolute atomic E-state index is 12.8. The highest BCUT2D eigenvalue weighted by Crippen LogP contribution is 2.18. The molecule has 0 aliphatic rings. The summed E-state index contributed by atoms with van der Waals surface area (Å²) in [6.07, 6.45) is 1.91. The number of hydrogen-bond donors (Lipinski definition) is 1. The summed E-state index contributed by atoms with van der Waals surface area (Å²) in [4.78, 5) is 12.8. The minimum atomic E-state index is -0.0980. The van der Waals surface area contributed by atoms with Crippen LogP contribution in [0, 0.1) is 0 Å². The Morgan fingerprint density at radius 2 is 1.58 bits per heavy atom. The number of rotatable bonds is 2. The molecule has 0 radical (unpaired) electrons. The third-order valence-electron chi connectivity index (χ3n) is 4.14. The van der Waals surface area contributed by atoms with Crippen molar-refractivity contribution in [3.8, 4) is 5.69 Å². The second-order valence-corrected chi connectivity index (χ2v) is 5.69. The molecule has 0 aliphatic carbocycles. The molecule has 4 rings (SSSR count). The highest BCUT2D eigenvalue weighted by molar-refractivity contribution is 5.90. The second-order valence-electron chi connectivity index (χ2n) is 5.69. The molecular formula is C21H16N2O. The predicted molar refractivity (Wildman–Crippen MR) is 98.7 cm³/mol. The summed E-state index contributed by atoms with van der Waals surface area (Å²) in [5.74, 6) is 0. The van der Waals surface area contributed by atoms with Crippen LogP contribution in [0.4, 0.5) is 0 Å². The number of fused-ring (bicyclic) bond motifs is 1.